The minimum Gasteiger partial charge on any atom is -0.366 e. The first-order chi connectivity index (χ1) is 10.1. The van der Waals surface area contributed by atoms with Crippen LogP contribution >= 0.6 is 11.8 Å². The van der Waals surface area contributed by atoms with Gasteiger partial charge in [-0.25, -0.2) is 0 Å². The van der Waals surface area contributed by atoms with Gasteiger partial charge in [0.2, 0.25) is 11.8 Å². The third-order valence-corrected chi connectivity index (χ3v) is 3.79. The molecule has 2 rings (SSSR count). The molecule has 2 aromatic carbocycles. The standard InChI is InChI=1S/C16H16N2O2S/c17-16(20)12-5-4-6-13(11-12)18-15(19)9-10-21-14-7-2-1-3-8-14/h1-8,11H,9-10H2,(H2,17,20)(H,18,19). The normalized spacial score (nSPS) is 10.1. The minimum atomic E-state index is -0.509. The van der Waals surface area contributed by atoms with Crippen LogP contribution in [0.2, 0.25) is 0 Å². The van der Waals surface area contributed by atoms with E-state index in [1.807, 2.05) is 30.3 Å². The molecular weight excluding hydrogens is 284 g/mol. The van der Waals surface area contributed by atoms with Crippen LogP contribution in [0.25, 0.3) is 0 Å². The van der Waals surface area contributed by atoms with Gasteiger partial charge in [0, 0.05) is 28.3 Å². The first kappa shape index (κ1) is 15.1. The summed E-state index contributed by atoms with van der Waals surface area (Å²) in [6.45, 7) is 0. The average Bonchev–Trinajstić information content (AvgIpc) is 2.48. The van der Waals surface area contributed by atoms with Crippen LogP contribution in [-0.2, 0) is 4.79 Å². The Morgan fingerprint density at radius 3 is 2.52 bits per heavy atom. The van der Waals surface area contributed by atoms with Crippen LogP contribution in [0.15, 0.2) is 59.5 Å². The number of hydrogen-bond acceptors (Lipinski definition) is 3. The quantitative estimate of drug-likeness (QED) is 0.806. The van der Waals surface area contributed by atoms with Crippen molar-refractivity contribution in [1.29, 1.82) is 0 Å². The van der Waals surface area contributed by atoms with Gasteiger partial charge in [-0.3, -0.25) is 9.59 Å². The molecule has 0 saturated heterocycles. The number of amides is 2. The second kappa shape index (κ2) is 7.50. The number of thioether (sulfide) groups is 1. The summed E-state index contributed by atoms with van der Waals surface area (Å²) in [6, 6.07) is 16.5. The zero-order valence-electron chi connectivity index (χ0n) is 11.4. The maximum atomic E-state index is 11.8. The van der Waals surface area contributed by atoms with Gasteiger partial charge in [0.1, 0.15) is 0 Å². The van der Waals surface area contributed by atoms with E-state index in [4.69, 9.17) is 5.73 Å². The van der Waals surface area contributed by atoms with E-state index in [-0.39, 0.29) is 5.91 Å². The highest BCUT2D eigenvalue weighted by molar-refractivity contribution is 7.99. The van der Waals surface area contributed by atoms with Gasteiger partial charge in [0.15, 0.2) is 0 Å². The van der Waals surface area contributed by atoms with Crippen LogP contribution in [0.3, 0.4) is 0 Å². The Morgan fingerprint density at radius 1 is 1.05 bits per heavy atom. The van der Waals surface area contributed by atoms with Gasteiger partial charge in [-0.15, -0.1) is 11.8 Å². The molecule has 0 spiro atoms. The van der Waals surface area contributed by atoms with Crippen molar-refractivity contribution >= 4 is 29.3 Å². The first-order valence-electron chi connectivity index (χ1n) is 6.53. The van der Waals surface area contributed by atoms with Crippen LogP contribution in [0, 0.1) is 0 Å². The molecule has 0 aliphatic rings. The third kappa shape index (κ3) is 4.96. The van der Waals surface area contributed by atoms with E-state index < -0.39 is 5.91 Å². The van der Waals surface area contributed by atoms with E-state index in [0.29, 0.717) is 23.4 Å². The summed E-state index contributed by atoms with van der Waals surface area (Å²) in [5.74, 6) is 0.108. The van der Waals surface area contributed by atoms with Gasteiger partial charge >= 0.3 is 0 Å². The zero-order valence-corrected chi connectivity index (χ0v) is 12.2. The molecule has 5 heteroatoms. The molecule has 0 atom stereocenters. The van der Waals surface area contributed by atoms with Crippen molar-refractivity contribution in [3.05, 3.63) is 60.2 Å². The number of carbonyl (C=O) groups excluding carboxylic acids is 2. The third-order valence-electron chi connectivity index (χ3n) is 2.77. The summed E-state index contributed by atoms with van der Waals surface area (Å²) in [7, 11) is 0. The number of carbonyl (C=O) groups is 2. The highest BCUT2D eigenvalue weighted by atomic mass is 32.2. The van der Waals surface area contributed by atoms with Crippen molar-refractivity contribution < 1.29 is 9.59 Å². The van der Waals surface area contributed by atoms with Gasteiger partial charge in [-0.1, -0.05) is 24.3 Å². The summed E-state index contributed by atoms with van der Waals surface area (Å²) >= 11 is 1.63. The molecule has 0 radical (unpaired) electrons. The van der Waals surface area contributed by atoms with Crippen molar-refractivity contribution in [3.8, 4) is 0 Å². The fourth-order valence-corrected chi connectivity index (χ4v) is 2.62. The Kier molecular flexibility index (Phi) is 5.40. The van der Waals surface area contributed by atoms with Gasteiger partial charge in [-0.2, -0.15) is 0 Å². The highest BCUT2D eigenvalue weighted by Gasteiger charge is 2.05. The molecule has 2 amide bonds. The molecule has 0 heterocycles. The number of nitrogens with two attached hydrogens (primary N) is 1. The first-order valence-corrected chi connectivity index (χ1v) is 7.51. The smallest absolute Gasteiger partial charge is 0.248 e. The summed E-state index contributed by atoms with van der Waals surface area (Å²) in [5, 5.41) is 2.76. The van der Waals surface area contributed by atoms with Gasteiger partial charge < -0.3 is 11.1 Å². The molecule has 0 aromatic heterocycles. The van der Waals surface area contributed by atoms with Crippen molar-refractivity contribution in [2.75, 3.05) is 11.1 Å². The summed E-state index contributed by atoms with van der Waals surface area (Å²) in [5.41, 5.74) is 6.17. The fraction of sp³-hybridized carbons (Fsp3) is 0.125. The predicted octanol–water partition coefficient (Wildman–Crippen LogP) is 2.91. The van der Waals surface area contributed by atoms with Crippen LogP contribution in [0.5, 0.6) is 0 Å². The summed E-state index contributed by atoms with van der Waals surface area (Å²) < 4.78 is 0. The van der Waals surface area contributed by atoms with Crippen molar-refractivity contribution in [2.45, 2.75) is 11.3 Å². The molecular formula is C16H16N2O2S. The Balaban J connectivity index is 1.82. The molecule has 0 bridgehead atoms. The minimum absolute atomic E-state index is 0.0833. The lowest BCUT2D eigenvalue weighted by atomic mass is 10.2. The molecule has 0 aliphatic carbocycles. The van der Waals surface area contributed by atoms with E-state index in [0.717, 1.165) is 4.90 Å². The van der Waals surface area contributed by atoms with E-state index in [1.165, 1.54) is 0 Å². The molecule has 2 aromatic rings. The van der Waals surface area contributed by atoms with Crippen LogP contribution in [0.1, 0.15) is 16.8 Å². The van der Waals surface area contributed by atoms with E-state index >= 15 is 0 Å². The van der Waals surface area contributed by atoms with Gasteiger partial charge in [0.05, 0.1) is 0 Å². The summed E-state index contributed by atoms with van der Waals surface area (Å²) in [4.78, 5) is 24.1. The number of hydrogen-bond donors (Lipinski definition) is 2. The van der Waals surface area contributed by atoms with Crippen LogP contribution in [-0.4, -0.2) is 17.6 Å². The lowest BCUT2D eigenvalue weighted by molar-refractivity contribution is -0.115. The lowest BCUT2D eigenvalue weighted by Gasteiger charge is -2.06. The van der Waals surface area contributed by atoms with Crippen molar-refractivity contribution in [2.24, 2.45) is 5.73 Å². The Bertz CT molecular complexity index is 629. The number of nitrogens with one attached hydrogen (secondary N) is 1. The summed E-state index contributed by atoms with van der Waals surface area (Å²) in [6.07, 6.45) is 0.403. The topological polar surface area (TPSA) is 72.2 Å². The molecule has 0 unspecified atom stereocenters. The van der Waals surface area contributed by atoms with E-state index in [9.17, 15) is 9.59 Å². The van der Waals surface area contributed by atoms with Crippen LogP contribution < -0.4 is 11.1 Å². The SMILES string of the molecule is NC(=O)c1cccc(NC(=O)CCSc2ccccc2)c1. The largest absolute Gasteiger partial charge is 0.366 e. The number of benzene rings is 2. The van der Waals surface area contributed by atoms with Crippen molar-refractivity contribution in [3.63, 3.8) is 0 Å². The second-order valence-corrected chi connectivity index (χ2v) is 5.57. The highest BCUT2D eigenvalue weighted by Crippen LogP contribution is 2.18. The molecule has 0 saturated carbocycles. The predicted molar refractivity (Wildman–Crippen MR) is 85.4 cm³/mol. The Labute approximate surface area is 127 Å². The number of anilines is 1. The molecule has 0 fully saturated rings. The van der Waals surface area contributed by atoms with Gasteiger partial charge in [0.25, 0.3) is 0 Å². The Morgan fingerprint density at radius 2 is 1.81 bits per heavy atom. The molecule has 4 nitrogen and oxygen atoms in total. The van der Waals surface area contributed by atoms with Crippen LogP contribution in [0.4, 0.5) is 5.69 Å². The maximum Gasteiger partial charge on any atom is 0.248 e. The monoisotopic (exact) mass is 300 g/mol. The zero-order chi connectivity index (χ0) is 15.1. The molecule has 21 heavy (non-hydrogen) atoms. The number of rotatable bonds is 6. The average molecular weight is 300 g/mol. The van der Waals surface area contributed by atoms with E-state index in [2.05, 4.69) is 5.32 Å². The Hall–Kier alpha value is -2.27. The van der Waals surface area contributed by atoms with Crippen molar-refractivity contribution in [1.82, 2.24) is 0 Å². The van der Waals surface area contributed by atoms with Gasteiger partial charge in [-0.05, 0) is 30.3 Å². The number of primary amides is 1. The second-order valence-electron chi connectivity index (χ2n) is 4.40. The molecule has 108 valence electrons. The lowest BCUT2D eigenvalue weighted by Crippen LogP contribution is -2.14. The molecule has 3 N–H and O–H groups in total. The molecule has 0 aliphatic heterocycles. The maximum absolute atomic E-state index is 11.8. The van der Waals surface area contributed by atoms with E-state index in [1.54, 1.807) is 36.0 Å². The fourth-order valence-electron chi connectivity index (χ4n) is 1.75.